The monoisotopic (exact) mass is 490 g/mol. The van der Waals surface area contributed by atoms with E-state index in [0.29, 0.717) is 38.3 Å². The molecule has 0 atom stereocenters. The van der Waals surface area contributed by atoms with Gasteiger partial charge in [-0.25, -0.2) is 0 Å². The van der Waals surface area contributed by atoms with Crippen molar-refractivity contribution in [1.82, 2.24) is 10.2 Å². The number of hydrogen-bond acceptors (Lipinski definition) is 6. The summed E-state index contributed by atoms with van der Waals surface area (Å²) in [6.07, 6.45) is -2.99. The van der Waals surface area contributed by atoms with Crippen LogP contribution >= 0.6 is 0 Å². The van der Waals surface area contributed by atoms with Crippen LogP contribution in [0.5, 0.6) is 0 Å². The highest BCUT2D eigenvalue weighted by Gasteiger charge is 2.34. The predicted octanol–water partition coefficient (Wildman–Crippen LogP) is 4.69. The number of alkyl halides is 3. The molecule has 35 heavy (non-hydrogen) atoms. The second kappa shape index (κ2) is 10.3. The molecule has 1 fully saturated rings. The number of amides is 1. The van der Waals surface area contributed by atoms with Crippen LogP contribution < -0.4 is 10.2 Å². The van der Waals surface area contributed by atoms with Crippen LogP contribution in [0.15, 0.2) is 52.9 Å². The van der Waals surface area contributed by atoms with Gasteiger partial charge in [0.25, 0.3) is 11.6 Å². The first-order valence-corrected chi connectivity index (χ1v) is 11.3. The fraction of sp³-hybridized carbons (Fsp3) is 0.375. The topological polar surface area (TPSA) is 91.9 Å². The molecule has 1 aliphatic heterocycles. The number of carbonyl (C=O) groups excluding carboxylic acids is 1. The summed E-state index contributed by atoms with van der Waals surface area (Å²) < 4.78 is 44.8. The third kappa shape index (κ3) is 5.91. The molecule has 0 unspecified atom stereocenters. The number of carbonyl (C=O) groups is 1. The Balaban J connectivity index is 1.22. The zero-order valence-corrected chi connectivity index (χ0v) is 18.9. The number of nitro groups is 1. The second-order valence-electron chi connectivity index (χ2n) is 8.40. The zero-order chi connectivity index (χ0) is 25.0. The van der Waals surface area contributed by atoms with Crippen molar-refractivity contribution in [2.45, 2.75) is 19.0 Å². The van der Waals surface area contributed by atoms with E-state index in [4.69, 9.17) is 4.42 Å². The van der Waals surface area contributed by atoms with Gasteiger partial charge in [0.1, 0.15) is 11.3 Å². The van der Waals surface area contributed by atoms with E-state index < -0.39 is 16.7 Å². The van der Waals surface area contributed by atoms with E-state index >= 15 is 0 Å². The van der Waals surface area contributed by atoms with E-state index in [1.165, 1.54) is 0 Å². The number of hydrogen-bond donors (Lipinski definition) is 1. The number of benzene rings is 2. The number of furan rings is 1. The lowest BCUT2D eigenvalue weighted by atomic mass is 10.1. The number of para-hydroxylation sites is 1. The van der Waals surface area contributed by atoms with Gasteiger partial charge in [-0.15, -0.1) is 0 Å². The molecule has 0 spiro atoms. The highest BCUT2D eigenvalue weighted by molar-refractivity contribution is 5.96. The van der Waals surface area contributed by atoms with Gasteiger partial charge in [-0.2, -0.15) is 13.2 Å². The first-order chi connectivity index (χ1) is 16.7. The normalized spacial score (nSPS) is 14.9. The van der Waals surface area contributed by atoms with Gasteiger partial charge >= 0.3 is 6.18 Å². The lowest BCUT2D eigenvalue weighted by Crippen LogP contribution is -2.47. The molecule has 0 aliphatic carbocycles. The number of halogens is 3. The SMILES string of the molecule is O=C(NCCCCN1CCN(c2cc(C(F)(F)F)ccc2[N+](=O)[O-])CC1)c1cc2ccccc2o1. The van der Waals surface area contributed by atoms with Crippen molar-refractivity contribution in [1.29, 1.82) is 0 Å². The summed E-state index contributed by atoms with van der Waals surface area (Å²) in [7, 11) is 0. The quantitative estimate of drug-likeness (QED) is 0.280. The maximum Gasteiger partial charge on any atom is 0.416 e. The molecular formula is C24H25F3N4O4. The Morgan fingerprint density at radius 3 is 2.49 bits per heavy atom. The van der Waals surface area contributed by atoms with Crippen molar-refractivity contribution >= 4 is 28.3 Å². The molecule has 2 aromatic carbocycles. The van der Waals surface area contributed by atoms with E-state index in [0.717, 1.165) is 43.0 Å². The Labute approximate surface area is 199 Å². The van der Waals surface area contributed by atoms with Crippen LogP contribution in [0.4, 0.5) is 24.5 Å². The number of rotatable bonds is 8. The van der Waals surface area contributed by atoms with Crippen molar-refractivity contribution in [3.8, 4) is 0 Å². The van der Waals surface area contributed by atoms with Crippen molar-refractivity contribution in [3.05, 3.63) is 70.0 Å². The molecule has 4 rings (SSSR count). The largest absolute Gasteiger partial charge is 0.451 e. The second-order valence-corrected chi connectivity index (χ2v) is 8.40. The lowest BCUT2D eigenvalue weighted by Gasteiger charge is -2.36. The lowest BCUT2D eigenvalue weighted by molar-refractivity contribution is -0.384. The first kappa shape index (κ1) is 24.5. The van der Waals surface area contributed by atoms with Crippen LogP contribution in [0.1, 0.15) is 29.0 Å². The van der Waals surface area contributed by atoms with Gasteiger partial charge in [0.15, 0.2) is 5.76 Å². The van der Waals surface area contributed by atoms with Gasteiger partial charge in [0.05, 0.1) is 10.5 Å². The van der Waals surface area contributed by atoms with Crippen LogP contribution in [0.2, 0.25) is 0 Å². The van der Waals surface area contributed by atoms with Crippen LogP contribution in [0.3, 0.4) is 0 Å². The van der Waals surface area contributed by atoms with Crippen LogP contribution in [-0.4, -0.2) is 55.0 Å². The highest BCUT2D eigenvalue weighted by Crippen LogP contribution is 2.37. The minimum absolute atomic E-state index is 0.00206. The first-order valence-electron chi connectivity index (χ1n) is 11.3. The third-order valence-corrected chi connectivity index (χ3v) is 6.05. The summed E-state index contributed by atoms with van der Waals surface area (Å²) in [6.45, 7) is 3.21. The van der Waals surface area contributed by atoms with Gasteiger partial charge < -0.3 is 14.6 Å². The molecule has 8 nitrogen and oxygen atoms in total. The number of unbranched alkanes of at least 4 members (excludes halogenated alkanes) is 1. The average molecular weight is 490 g/mol. The van der Waals surface area contributed by atoms with Crippen LogP contribution in [-0.2, 0) is 6.18 Å². The smallest absolute Gasteiger partial charge is 0.416 e. The molecule has 186 valence electrons. The van der Waals surface area contributed by atoms with Gasteiger partial charge in [0, 0.05) is 44.2 Å². The number of piperazine rings is 1. The molecule has 1 aromatic heterocycles. The third-order valence-electron chi connectivity index (χ3n) is 6.05. The van der Waals surface area contributed by atoms with E-state index in [9.17, 15) is 28.1 Å². The van der Waals surface area contributed by atoms with Crippen molar-refractivity contribution < 1.29 is 27.3 Å². The van der Waals surface area contributed by atoms with Crippen LogP contribution in [0, 0.1) is 10.1 Å². The number of fused-ring (bicyclic) bond motifs is 1. The van der Waals surface area contributed by atoms with E-state index in [2.05, 4.69) is 10.2 Å². The van der Waals surface area contributed by atoms with Crippen molar-refractivity contribution in [2.24, 2.45) is 0 Å². The summed E-state index contributed by atoms with van der Waals surface area (Å²) >= 11 is 0. The number of nitro benzene ring substituents is 1. The van der Waals surface area contributed by atoms with Gasteiger partial charge in [-0.1, -0.05) is 18.2 Å². The number of anilines is 1. The molecule has 0 radical (unpaired) electrons. The molecular weight excluding hydrogens is 465 g/mol. The Morgan fingerprint density at radius 1 is 1.06 bits per heavy atom. The molecule has 2 heterocycles. The van der Waals surface area contributed by atoms with E-state index in [1.54, 1.807) is 17.0 Å². The fourth-order valence-corrected chi connectivity index (χ4v) is 4.16. The minimum Gasteiger partial charge on any atom is -0.451 e. The number of nitrogens with one attached hydrogen (secondary N) is 1. The Kier molecular flexibility index (Phi) is 7.25. The molecule has 1 aliphatic rings. The van der Waals surface area contributed by atoms with Gasteiger partial charge in [-0.05, 0) is 43.7 Å². The number of nitrogens with zero attached hydrogens (tertiary/aromatic N) is 3. The molecule has 0 bridgehead atoms. The van der Waals surface area contributed by atoms with Crippen molar-refractivity contribution in [3.63, 3.8) is 0 Å². The Morgan fingerprint density at radius 2 is 1.80 bits per heavy atom. The predicted molar refractivity (Wildman–Crippen MR) is 125 cm³/mol. The molecule has 3 aromatic rings. The average Bonchev–Trinajstić information content (AvgIpc) is 3.28. The fourth-order valence-electron chi connectivity index (χ4n) is 4.16. The molecule has 0 saturated carbocycles. The summed E-state index contributed by atoms with van der Waals surface area (Å²) in [5.41, 5.74) is -0.568. The zero-order valence-electron chi connectivity index (χ0n) is 18.9. The Hall–Kier alpha value is -3.60. The van der Waals surface area contributed by atoms with Crippen LogP contribution in [0.25, 0.3) is 11.0 Å². The standard InChI is InChI=1S/C24H25F3N4O4/c25-24(26,27)18-7-8-19(31(33)34)20(16-18)30-13-11-29(12-14-30)10-4-3-9-28-23(32)22-15-17-5-1-2-6-21(17)35-22/h1-2,5-8,15-16H,3-4,9-14H2,(H,28,32). The minimum atomic E-state index is -4.56. The maximum absolute atomic E-state index is 13.1. The maximum atomic E-state index is 13.1. The molecule has 1 amide bonds. The molecule has 1 N–H and O–H groups in total. The highest BCUT2D eigenvalue weighted by atomic mass is 19.4. The van der Waals surface area contributed by atoms with E-state index in [-0.39, 0.29) is 23.0 Å². The summed E-state index contributed by atoms with van der Waals surface area (Å²) in [5, 5.41) is 15.0. The molecule has 1 saturated heterocycles. The summed E-state index contributed by atoms with van der Waals surface area (Å²) in [6, 6.07) is 11.6. The van der Waals surface area contributed by atoms with E-state index in [1.807, 2.05) is 18.2 Å². The molecule has 11 heteroatoms. The van der Waals surface area contributed by atoms with Gasteiger partial charge in [-0.3, -0.25) is 19.8 Å². The van der Waals surface area contributed by atoms with Crippen molar-refractivity contribution in [2.75, 3.05) is 44.2 Å². The Bertz CT molecular complexity index is 1170. The summed E-state index contributed by atoms with van der Waals surface area (Å²) in [5.74, 6) is 0.00324. The van der Waals surface area contributed by atoms with Gasteiger partial charge in [0.2, 0.25) is 0 Å². The summed E-state index contributed by atoms with van der Waals surface area (Å²) in [4.78, 5) is 26.7.